The van der Waals surface area contributed by atoms with Crippen LogP contribution in [0.25, 0.3) is 121 Å². The summed E-state index contributed by atoms with van der Waals surface area (Å²) in [5.74, 6) is 0. The van der Waals surface area contributed by atoms with Gasteiger partial charge >= 0.3 is 0 Å². The molecule has 0 radical (unpaired) electrons. The summed E-state index contributed by atoms with van der Waals surface area (Å²) in [5, 5.41) is 12.2. The number of hydrogen-bond donors (Lipinski definition) is 0. The summed E-state index contributed by atoms with van der Waals surface area (Å²) in [7, 11) is 0. The average Bonchev–Trinajstić information content (AvgIpc) is 3.52. The Labute approximate surface area is 306 Å². The molecule has 244 valence electrons. The van der Waals surface area contributed by atoms with E-state index in [4.69, 9.17) is 4.42 Å². The van der Waals surface area contributed by atoms with Crippen LogP contribution in [0.5, 0.6) is 0 Å². The van der Waals surface area contributed by atoms with Crippen LogP contribution in [-0.2, 0) is 0 Å². The Hall–Kier alpha value is -6.96. The van der Waals surface area contributed by atoms with Crippen LogP contribution in [0.2, 0.25) is 0 Å². The third kappa shape index (κ3) is 4.02. The van der Waals surface area contributed by atoms with Crippen molar-refractivity contribution in [1.29, 1.82) is 0 Å². The minimum Gasteiger partial charge on any atom is -0.456 e. The van der Waals surface area contributed by atoms with Gasteiger partial charge < -0.3 is 4.42 Å². The molecule has 0 saturated carbocycles. The lowest BCUT2D eigenvalue weighted by Gasteiger charge is -2.20. The minimum absolute atomic E-state index is 0.908. The first kappa shape index (κ1) is 28.7. The molecule has 1 aliphatic carbocycles. The van der Waals surface area contributed by atoms with Crippen molar-refractivity contribution >= 4 is 65.0 Å². The molecule has 0 saturated heterocycles. The highest BCUT2D eigenvalue weighted by Gasteiger charge is 2.24. The lowest BCUT2D eigenvalue weighted by atomic mass is 9.83. The molecule has 11 aromatic rings. The molecule has 1 aliphatic rings. The zero-order valence-corrected chi connectivity index (χ0v) is 28.7. The lowest BCUT2D eigenvalue weighted by molar-refractivity contribution is 0.669. The van der Waals surface area contributed by atoms with Crippen molar-refractivity contribution in [2.45, 2.75) is 0 Å². The molecule has 0 aliphatic heterocycles. The zero-order valence-electron chi connectivity index (χ0n) is 28.7. The van der Waals surface area contributed by atoms with Gasteiger partial charge in [-0.3, -0.25) is 0 Å². The summed E-state index contributed by atoms with van der Waals surface area (Å²) in [5.41, 5.74) is 14.4. The van der Waals surface area contributed by atoms with Crippen LogP contribution in [-0.4, -0.2) is 0 Å². The van der Waals surface area contributed by atoms with Gasteiger partial charge in [0.05, 0.1) is 0 Å². The molecule has 0 N–H and O–H groups in total. The van der Waals surface area contributed by atoms with Gasteiger partial charge in [0.15, 0.2) is 0 Å². The summed E-state index contributed by atoms with van der Waals surface area (Å²) >= 11 is 0. The Morgan fingerprint density at radius 1 is 0.264 bits per heavy atom. The highest BCUT2D eigenvalue weighted by molar-refractivity contribution is 6.26. The summed E-state index contributed by atoms with van der Waals surface area (Å²) in [6, 6.07) is 66.9. The summed E-state index contributed by atoms with van der Waals surface area (Å²) in [6.45, 7) is 0. The maximum absolute atomic E-state index is 6.59. The Bertz CT molecular complexity index is 3230. The number of rotatable bonds is 2. The average molecular weight is 671 g/mol. The fraction of sp³-hybridized carbons (Fsp3) is 0. The van der Waals surface area contributed by atoms with Crippen LogP contribution in [0.4, 0.5) is 0 Å². The van der Waals surface area contributed by atoms with Gasteiger partial charge in [0, 0.05) is 10.8 Å². The second-order valence-corrected chi connectivity index (χ2v) is 14.3. The standard InChI is InChI=1S/C52H30O/c1-2-13-32-29-49-47(28-31(32)12-1)38-25-24-33(30-48(38)53-49)50-40-18-7-9-20-42(40)52(43-21-10-8-19-41(43)50)46-27-26-45-37-17-6-4-15-35(37)34-14-3-5-16-36(34)39-22-11-23-44(46)51(39)45/h1-30H. The van der Waals surface area contributed by atoms with Crippen LogP contribution in [0, 0.1) is 0 Å². The number of fused-ring (bicyclic) bond motifs is 11. The van der Waals surface area contributed by atoms with E-state index in [1.807, 2.05) is 0 Å². The van der Waals surface area contributed by atoms with E-state index in [1.165, 1.54) is 93.2 Å². The molecule has 1 nitrogen and oxygen atoms in total. The number of hydrogen-bond acceptors (Lipinski definition) is 1. The maximum atomic E-state index is 6.59. The third-order valence-electron chi connectivity index (χ3n) is 11.6. The SMILES string of the molecule is c1ccc2c(c1)-c1ccccc1-c1ccc(-c3c4ccccc4c(-c4ccc5c(c4)oc4cc6ccccc6cc45)c4ccccc34)c3cccc-2c13. The first-order valence-electron chi connectivity index (χ1n) is 18.3. The predicted octanol–water partition coefficient (Wildman–Crippen LogP) is 14.8. The highest BCUT2D eigenvalue weighted by Crippen LogP contribution is 2.51. The quantitative estimate of drug-likeness (QED) is 0.167. The molecular weight excluding hydrogens is 641 g/mol. The molecular formula is C52H30O. The number of benzene rings is 10. The highest BCUT2D eigenvalue weighted by atomic mass is 16.3. The molecule has 1 heterocycles. The Balaban J connectivity index is 1.15. The van der Waals surface area contributed by atoms with Crippen molar-refractivity contribution in [2.24, 2.45) is 0 Å². The minimum atomic E-state index is 0.908. The third-order valence-corrected chi connectivity index (χ3v) is 11.6. The lowest BCUT2D eigenvalue weighted by Crippen LogP contribution is -1.93. The van der Waals surface area contributed by atoms with Crippen molar-refractivity contribution in [3.63, 3.8) is 0 Å². The van der Waals surface area contributed by atoms with E-state index >= 15 is 0 Å². The van der Waals surface area contributed by atoms with Gasteiger partial charge in [-0.2, -0.15) is 0 Å². The Morgan fingerprint density at radius 2 is 0.736 bits per heavy atom. The molecule has 1 heteroatoms. The van der Waals surface area contributed by atoms with Crippen LogP contribution < -0.4 is 0 Å². The van der Waals surface area contributed by atoms with E-state index in [1.54, 1.807) is 0 Å². The van der Waals surface area contributed by atoms with Crippen LogP contribution in [0.15, 0.2) is 186 Å². The smallest absolute Gasteiger partial charge is 0.136 e. The van der Waals surface area contributed by atoms with Gasteiger partial charge in [-0.1, -0.05) is 158 Å². The zero-order chi connectivity index (χ0) is 34.6. The Kier molecular flexibility index (Phi) is 5.84. The van der Waals surface area contributed by atoms with Crippen molar-refractivity contribution in [3.8, 4) is 55.6 Å². The van der Waals surface area contributed by atoms with Gasteiger partial charge in [-0.25, -0.2) is 0 Å². The van der Waals surface area contributed by atoms with Crippen LogP contribution in [0.1, 0.15) is 0 Å². The molecule has 0 bridgehead atoms. The second-order valence-electron chi connectivity index (χ2n) is 14.3. The molecule has 1 aromatic heterocycles. The molecule has 0 unspecified atom stereocenters. The first-order chi connectivity index (χ1) is 26.3. The van der Waals surface area contributed by atoms with E-state index in [9.17, 15) is 0 Å². The molecule has 10 aromatic carbocycles. The van der Waals surface area contributed by atoms with Crippen LogP contribution in [0.3, 0.4) is 0 Å². The van der Waals surface area contributed by atoms with Gasteiger partial charge in [-0.15, -0.1) is 0 Å². The van der Waals surface area contributed by atoms with Crippen molar-refractivity contribution in [1.82, 2.24) is 0 Å². The fourth-order valence-corrected chi connectivity index (χ4v) is 9.33. The van der Waals surface area contributed by atoms with Gasteiger partial charge in [-0.05, 0) is 123 Å². The van der Waals surface area contributed by atoms with E-state index in [-0.39, 0.29) is 0 Å². The van der Waals surface area contributed by atoms with Crippen molar-refractivity contribution in [2.75, 3.05) is 0 Å². The molecule has 0 amide bonds. The predicted molar refractivity (Wildman–Crippen MR) is 224 cm³/mol. The van der Waals surface area contributed by atoms with Gasteiger partial charge in [0.1, 0.15) is 11.2 Å². The summed E-state index contributed by atoms with van der Waals surface area (Å²) < 4.78 is 6.59. The topological polar surface area (TPSA) is 13.1 Å². The molecule has 0 fully saturated rings. The van der Waals surface area contributed by atoms with Gasteiger partial charge in [0.2, 0.25) is 0 Å². The molecule has 0 spiro atoms. The first-order valence-corrected chi connectivity index (χ1v) is 18.3. The second kappa shape index (κ2) is 10.8. The molecule has 12 rings (SSSR count). The monoisotopic (exact) mass is 670 g/mol. The van der Waals surface area contributed by atoms with Crippen LogP contribution >= 0.6 is 0 Å². The summed E-state index contributed by atoms with van der Waals surface area (Å²) in [4.78, 5) is 0. The van der Waals surface area contributed by atoms with Crippen molar-refractivity contribution < 1.29 is 4.42 Å². The number of furan rings is 1. The van der Waals surface area contributed by atoms with E-state index in [0.717, 1.165) is 27.5 Å². The van der Waals surface area contributed by atoms with Crippen molar-refractivity contribution in [3.05, 3.63) is 182 Å². The summed E-state index contributed by atoms with van der Waals surface area (Å²) in [6.07, 6.45) is 0. The maximum Gasteiger partial charge on any atom is 0.136 e. The Morgan fingerprint density at radius 3 is 1.40 bits per heavy atom. The normalized spacial score (nSPS) is 12.2. The molecule has 53 heavy (non-hydrogen) atoms. The molecule has 0 atom stereocenters. The largest absolute Gasteiger partial charge is 0.456 e. The van der Waals surface area contributed by atoms with E-state index in [0.29, 0.717) is 0 Å². The van der Waals surface area contributed by atoms with E-state index in [2.05, 4.69) is 182 Å². The van der Waals surface area contributed by atoms with E-state index < -0.39 is 0 Å². The fourth-order valence-electron chi connectivity index (χ4n) is 9.33. The van der Waals surface area contributed by atoms with Gasteiger partial charge in [0.25, 0.3) is 0 Å².